The summed E-state index contributed by atoms with van der Waals surface area (Å²) in [6, 6.07) is 3.10. The SMILES string of the molecule is CC(C)(C)OC(=O)N1C2C=C(c3cc(C(F)(F)F)ccc3Cl)CC1CCC2. The summed E-state index contributed by atoms with van der Waals surface area (Å²) < 4.78 is 44.8. The van der Waals surface area contributed by atoms with Crippen LogP contribution in [0.4, 0.5) is 18.0 Å². The van der Waals surface area contributed by atoms with Gasteiger partial charge >= 0.3 is 12.3 Å². The van der Waals surface area contributed by atoms with Gasteiger partial charge in [0.25, 0.3) is 0 Å². The Morgan fingerprint density at radius 3 is 2.52 bits per heavy atom. The van der Waals surface area contributed by atoms with Crippen LogP contribution in [0.2, 0.25) is 5.02 Å². The van der Waals surface area contributed by atoms with Gasteiger partial charge in [-0.05, 0) is 75.8 Å². The Balaban J connectivity index is 1.93. The van der Waals surface area contributed by atoms with Crippen LogP contribution in [-0.4, -0.2) is 28.7 Å². The third kappa shape index (κ3) is 4.42. The standard InChI is InChI=1S/C20H23ClF3NO2/c1-19(2,3)27-18(26)25-14-5-4-6-15(25)10-12(9-14)16-11-13(20(22,23)24)7-8-17(16)21/h7-9,11,14-15H,4-6,10H2,1-3H3. The lowest BCUT2D eigenvalue weighted by molar-refractivity contribution is -0.137. The summed E-state index contributed by atoms with van der Waals surface area (Å²) in [5.41, 5.74) is -0.157. The van der Waals surface area contributed by atoms with E-state index in [2.05, 4.69) is 0 Å². The second-order valence-corrected chi connectivity index (χ2v) is 8.54. The van der Waals surface area contributed by atoms with Crippen molar-refractivity contribution in [3.8, 4) is 0 Å². The number of piperidine rings is 1. The van der Waals surface area contributed by atoms with Crippen LogP contribution in [0.15, 0.2) is 24.3 Å². The third-order valence-electron chi connectivity index (χ3n) is 4.88. The van der Waals surface area contributed by atoms with Crippen LogP contribution < -0.4 is 0 Å². The van der Waals surface area contributed by atoms with E-state index in [0.29, 0.717) is 12.0 Å². The molecule has 27 heavy (non-hydrogen) atoms. The lowest BCUT2D eigenvalue weighted by atomic mass is 9.83. The van der Waals surface area contributed by atoms with Crippen LogP contribution in [0.5, 0.6) is 0 Å². The zero-order valence-corrected chi connectivity index (χ0v) is 16.3. The van der Waals surface area contributed by atoms with Gasteiger partial charge in [-0.2, -0.15) is 13.2 Å². The molecule has 7 heteroatoms. The molecule has 2 aliphatic rings. The Kier molecular flexibility index (Phi) is 5.23. The lowest BCUT2D eigenvalue weighted by Gasteiger charge is -2.45. The maximum atomic E-state index is 13.1. The predicted molar refractivity (Wildman–Crippen MR) is 98.5 cm³/mol. The second kappa shape index (κ2) is 7.04. The fourth-order valence-corrected chi connectivity index (χ4v) is 4.02. The van der Waals surface area contributed by atoms with Crippen molar-refractivity contribution in [1.82, 2.24) is 4.90 Å². The molecule has 0 spiro atoms. The highest BCUT2D eigenvalue weighted by atomic mass is 35.5. The van der Waals surface area contributed by atoms with Gasteiger partial charge in [-0.15, -0.1) is 0 Å². The van der Waals surface area contributed by atoms with Gasteiger partial charge in [0.15, 0.2) is 0 Å². The molecule has 3 rings (SSSR count). The molecule has 1 saturated heterocycles. The molecular weight excluding hydrogens is 379 g/mol. The van der Waals surface area contributed by atoms with E-state index in [1.807, 2.05) is 26.8 Å². The Labute approximate surface area is 162 Å². The number of halogens is 4. The van der Waals surface area contributed by atoms with E-state index in [9.17, 15) is 18.0 Å². The highest BCUT2D eigenvalue weighted by Gasteiger charge is 2.40. The minimum Gasteiger partial charge on any atom is -0.444 e. The molecule has 1 amide bonds. The minimum absolute atomic E-state index is 0.0933. The van der Waals surface area contributed by atoms with Gasteiger partial charge < -0.3 is 4.74 Å². The van der Waals surface area contributed by atoms with Crippen molar-refractivity contribution in [3.63, 3.8) is 0 Å². The number of carbonyl (C=O) groups excluding carboxylic acids is 1. The van der Waals surface area contributed by atoms with Crippen molar-refractivity contribution in [1.29, 1.82) is 0 Å². The van der Waals surface area contributed by atoms with Crippen LogP contribution in [0.1, 0.15) is 57.6 Å². The van der Waals surface area contributed by atoms with Crippen molar-refractivity contribution in [2.75, 3.05) is 0 Å². The number of rotatable bonds is 1. The Morgan fingerprint density at radius 1 is 1.22 bits per heavy atom. The summed E-state index contributed by atoms with van der Waals surface area (Å²) in [5, 5.41) is 0.290. The molecule has 2 unspecified atom stereocenters. The number of benzene rings is 1. The number of hydrogen-bond donors (Lipinski definition) is 0. The Hall–Kier alpha value is -1.69. The van der Waals surface area contributed by atoms with Crippen LogP contribution in [0.25, 0.3) is 5.57 Å². The van der Waals surface area contributed by atoms with Crippen molar-refractivity contribution in [3.05, 3.63) is 40.4 Å². The average Bonchev–Trinajstić information content (AvgIpc) is 2.51. The van der Waals surface area contributed by atoms with Crippen LogP contribution in [-0.2, 0) is 10.9 Å². The van der Waals surface area contributed by atoms with Gasteiger partial charge in [0.1, 0.15) is 5.60 Å². The van der Waals surface area contributed by atoms with Gasteiger partial charge in [0, 0.05) is 11.1 Å². The molecule has 1 fully saturated rings. The van der Waals surface area contributed by atoms with Crippen molar-refractivity contribution >= 4 is 23.3 Å². The van der Waals surface area contributed by atoms with E-state index >= 15 is 0 Å². The smallest absolute Gasteiger partial charge is 0.416 e. The number of hydrogen-bond acceptors (Lipinski definition) is 2. The van der Waals surface area contributed by atoms with Crippen LogP contribution in [0.3, 0.4) is 0 Å². The predicted octanol–water partition coefficient (Wildman–Crippen LogP) is 6.30. The van der Waals surface area contributed by atoms with Crippen molar-refractivity contribution < 1.29 is 22.7 Å². The maximum absolute atomic E-state index is 13.1. The molecule has 2 atom stereocenters. The molecule has 1 aromatic rings. The second-order valence-electron chi connectivity index (χ2n) is 8.13. The van der Waals surface area contributed by atoms with Gasteiger partial charge in [0.05, 0.1) is 11.6 Å². The highest BCUT2D eigenvalue weighted by Crippen LogP contribution is 2.41. The largest absolute Gasteiger partial charge is 0.444 e. The first-order valence-corrected chi connectivity index (χ1v) is 9.42. The molecule has 2 aliphatic heterocycles. The quantitative estimate of drug-likeness (QED) is 0.552. The van der Waals surface area contributed by atoms with Crippen molar-refractivity contribution in [2.45, 2.75) is 70.3 Å². The van der Waals surface area contributed by atoms with E-state index in [4.69, 9.17) is 16.3 Å². The first-order valence-electron chi connectivity index (χ1n) is 9.05. The van der Waals surface area contributed by atoms with Gasteiger partial charge in [-0.3, -0.25) is 4.90 Å². The average molecular weight is 402 g/mol. The maximum Gasteiger partial charge on any atom is 0.416 e. The highest BCUT2D eigenvalue weighted by molar-refractivity contribution is 6.32. The normalized spacial score (nSPS) is 23.1. The molecule has 0 aromatic heterocycles. The van der Waals surface area contributed by atoms with E-state index < -0.39 is 17.3 Å². The summed E-state index contributed by atoms with van der Waals surface area (Å²) in [6.07, 6.45) is 0.0708. The third-order valence-corrected chi connectivity index (χ3v) is 5.21. The van der Waals surface area contributed by atoms with Gasteiger partial charge in [-0.25, -0.2) is 4.79 Å². The number of amides is 1. The van der Waals surface area contributed by atoms with Gasteiger partial charge in [0.2, 0.25) is 0 Å². The van der Waals surface area contributed by atoms with E-state index in [-0.39, 0.29) is 23.2 Å². The molecule has 2 heterocycles. The zero-order chi connectivity index (χ0) is 20.0. The molecule has 0 radical (unpaired) electrons. The van der Waals surface area contributed by atoms with E-state index in [1.54, 1.807) is 4.90 Å². The van der Waals surface area contributed by atoms with Crippen LogP contribution in [0, 0.1) is 0 Å². The first-order chi connectivity index (χ1) is 12.5. The molecule has 148 valence electrons. The Bertz CT molecular complexity index is 767. The van der Waals surface area contributed by atoms with E-state index in [0.717, 1.165) is 37.0 Å². The number of nitrogens with zero attached hydrogens (tertiary/aromatic N) is 1. The Morgan fingerprint density at radius 2 is 1.93 bits per heavy atom. The zero-order valence-electron chi connectivity index (χ0n) is 15.6. The lowest BCUT2D eigenvalue weighted by Crippen LogP contribution is -2.53. The summed E-state index contributed by atoms with van der Waals surface area (Å²) >= 11 is 6.21. The summed E-state index contributed by atoms with van der Waals surface area (Å²) in [5.74, 6) is 0. The number of carbonyl (C=O) groups is 1. The van der Waals surface area contributed by atoms with E-state index in [1.165, 1.54) is 6.07 Å². The van der Waals surface area contributed by atoms with Crippen molar-refractivity contribution in [2.24, 2.45) is 0 Å². The number of fused-ring (bicyclic) bond motifs is 2. The molecule has 0 N–H and O–H groups in total. The monoisotopic (exact) mass is 401 g/mol. The summed E-state index contributed by atoms with van der Waals surface area (Å²) in [7, 11) is 0. The molecular formula is C20H23ClF3NO2. The molecule has 0 aliphatic carbocycles. The molecule has 1 aromatic carbocycles. The van der Waals surface area contributed by atoms with Gasteiger partial charge in [-0.1, -0.05) is 17.7 Å². The summed E-state index contributed by atoms with van der Waals surface area (Å²) in [4.78, 5) is 14.4. The fraction of sp³-hybridized carbons (Fsp3) is 0.550. The number of ether oxygens (including phenoxy) is 1. The number of alkyl halides is 3. The van der Waals surface area contributed by atoms with Crippen LogP contribution >= 0.6 is 11.6 Å². The molecule has 3 nitrogen and oxygen atoms in total. The minimum atomic E-state index is -4.42. The fourth-order valence-electron chi connectivity index (χ4n) is 3.78. The first kappa shape index (κ1) is 20.1. The molecule has 0 saturated carbocycles. The topological polar surface area (TPSA) is 29.5 Å². The summed E-state index contributed by atoms with van der Waals surface area (Å²) in [6.45, 7) is 5.44. The molecule has 2 bridgehead atoms.